The first-order chi connectivity index (χ1) is 10.8. The van der Waals surface area contributed by atoms with Gasteiger partial charge >= 0.3 is 0 Å². The third kappa shape index (κ3) is 3.76. The van der Waals surface area contributed by atoms with E-state index in [0.717, 1.165) is 31.5 Å². The van der Waals surface area contributed by atoms with E-state index >= 15 is 0 Å². The van der Waals surface area contributed by atoms with Gasteiger partial charge in [0.2, 0.25) is 0 Å². The van der Waals surface area contributed by atoms with E-state index < -0.39 is 0 Å². The third-order valence-electron chi connectivity index (χ3n) is 4.16. The first-order valence-corrected chi connectivity index (χ1v) is 8.88. The van der Waals surface area contributed by atoms with Gasteiger partial charge in [-0.05, 0) is 31.2 Å². The Morgan fingerprint density at radius 1 is 1.27 bits per heavy atom. The second-order valence-electron chi connectivity index (χ2n) is 5.89. The van der Waals surface area contributed by atoms with E-state index in [0.29, 0.717) is 6.04 Å². The Bertz CT molecular complexity index is 593. The lowest BCUT2D eigenvalue weighted by Gasteiger charge is -2.27. The van der Waals surface area contributed by atoms with Crippen LogP contribution in [0.3, 0.4) is 0 Å². The summed E-state index contributed by atoms with van der Waals surface area (Å²) in [5.41, 5.74) is 1.11. The minimum Gasteiger partial charge on any atom is -0.348 e. The lowest BCUT2D eigenvalue weighted by Crippen LogP contribution is -3.11. The van der Waals surface area contributed by atoms with Gasteiger partial charge in [-0.15, -0.1) is 11.3 Å². The minimum absolute atomic E-state index is 0.131. The van der Waals surface area contributed by atoms with E-state index in [2.05, 4.69) is 41.9 Å². The summed E-state index contributed by atoms with van der Waals surface area (Å²) >= 11 is 1.76. The van der Waals surface area contributed by atoms with E-state index in [1.54, 1.807) is 11.3 Å². The predicted molar refractivity (Wildman–Crippen MR) is 89.9 cm³/mol. The summed E-state index contributed by atoms with van der Waals surface area (Å²) < 4.78 is 0. The summed E-state index contributed by atoms with van der Waals surface area (Å²) in [6.07, 6.45) is 2.25. The van der Waals surface area contributed by atoms with Crippen LogP contribution in [0.4, 0.5) is 0 Å². The Morgan fingerprint density at radius 3 is 2.64 bits per heavy atom. The number of hydrogen-bond donors (Lipinski definition) is 2. The van der Waals surface area contributed by atoms with Crippen LogP contribution in [0.5, 0.6) is 0 Å². The van der Waals surface area contributed by atoms with E-state index in [4.69, 9.17) is 0 Å². The van der Waals surface area contributed by atoms with E-state index in [1.807, 2.05) is 18.2 Å². The van der Waals surface area contributed by atoms with Crippen molar-refractivity contribution >= 4 is 17.2 Å². The summed E-state index contributed by atoms with van der Waals surface area (Å²) in [6, 6.07) is 14.7. The molecule has 0 bridgehead atoms. The fourth-order valence-electron chi connectivity index (χ4n) is 2.80. The van der Waals surface area contributed by atoms with Crippen LogP contribution in [0.15, 0.2) is 47.8 Å². The van der Waals surface area contributed by atoms with Gasteiger partial charge in [-0.1, -0.05) is 36.4 Å². The first kappa shape index (κ1) is 15.3. The average molecular weight is 315 g/mol. The van der Waals surface area contributed by atoms with Crippen LogP contribution in [-0.2, 0) is 11.3 Å². The maximum absolute atomic E-state index is 12.8. The second kappa shape index (κ2) is 7.07. The molecule has 1 amide bonds. The van der Waals surface area contributed by atoms with Crippen LogP contribution in [0.25, 0.3) is 0 Å². The molecule has 1 aromatic heterocycles. The molecular formula is C18H23N2OS+. The van der Waals surface area contributed by atoms with Crippen molar-refractivity contribution in [3.63, 3.8) is 0 Å². The fourth-order valence-corrected chi connectivity index (χ4v) is 3.56. The summed E-state index contributed by atoms with van der Waals surface area (Å²) in [7, 11) is 0. The van der Waals surface area contributed by atoms with Crippen LogP contribution in [0.2, 0.25) is 0 Å². The summed E-state index contributed by atoms with van der Waals surface area (Å²) in [4.78, 5) is 15.4. The van der Waals surface area contributed by atoms with Gasteiger partial charge in [0.05, 0.1) is 11.4 Å². The lowest BCUT2D eigenvalue weighted by molar-refractivity contribution is -0.933. The average Bonchev–Trinajstić information content (AvgIpc) is 3.20. The highest BCUT2D eigenvalue weighted by atomic mass is 32.1. The van der Waals surface area contributed by atoms with E-state index in [-0.39, 0.29) is 11.9 Å². The molecule has 1 aliphatic carbocycles. The maximum atomic E-state index is 12.8. The highest BCUT2D eigenvalue weighted by Gasteiger charge is 2.34. The molecule has 1 aliphatic rings. The highest BCUT2D eigenvalue weighted by molar-refractivity contribution is 7.09. The molecule has 1 heterocycles. The molecule has 3 rings (SSSR count). The van der Waals surface area contributed by atoms with E-state index in [1.165, 1.54) is 9.78 Å². The maximum Gasteiger partial charge on any atom is 0.283 e. The topological polar surface area (TPSA) is 33.5 Å². The van der Waals surface area contributed by atoms with Crippen molar-refractivity contribution in [2.45, 2.75) is 38.4 Å². The smallest absolute Gasteiger partial charge is 0.283 e. The number of amides is 1. The van der Waals surface area contributed by atoms with Gasteiger partial charge in [0.1, 0.15) is 6.54 Å². The normalized spacial score (nSPS) is 17.0. The Kier molecular flexibility index (Phi) is 4.90. The SMILES string of the molecule is CC[NH+](Cc1cccs1)[C@@H](C(=O)NC1CC1)c1ccccc1. The zero-order valence-corrected chi connectivity index (χ0v) is 13.7. The van der Waals surface area contributed by atoms with Crippen molar-refractivity contribution in [2.75, 3.05) is 6.54 Å². The fraction of sp³-hybridized carbons (Fsp3) is 0.389. The molecule has 2 N–H and O–H groups in total. The number of carbonyl (C=O) groups is 1. The number of quaternary nitrogens is 1. The first-order valence-electron chi connectivity index (χ1n) is 8.00. The third-order valence-corrected chi connectivity index (χ3v) is 5.04. The van der Waals surface area contributed by atoms with Gasteiger partial charge in [0.15, 0.2) is 6.04 Å². The van der Waals surface area contributed by atoms with Crippen LogP contribution >= 0.6 is 11.3 Å². The summed E-state index contributed by atoms with van der Waals surface area (Å²) in [6.45, 7) is 3.98. The Balaban J connectivity index is 1.83. The number of rotatable bonds is 7. The second-order valence-corrected chi connectivity index (χ2v) is 6.93. The quantitative estimate of drug-likeness (QED) is 0.807. The summed E-state index contributed by atoms with van der Waals surface area (Å²) in [5, 5.41) is 5.29. The van der Waals surface area contributed by atoms with Gasteiger partial charge in [0, 0.05) is 11.6 Å². The van der Waals surface area contributed by atoms with Crippen molar-refractivity contribution in [3.05, 3.63) is 58.3 Å². The monoisotopic (exact) mass is 315 g/mol. The molecule has 2 atom stereocenters. The van der Waals surface area contributed by atoms with Gasteiger partial charge < -0.3 is 10.2 Å². The van der Waals surface area contributed by atoms with Gasteiger partial charge in [-0.3, -0.25) is 4.79 Å². The molecular weight excluding hydrogens is 292 g/mol. The van der Waals surface area contributed by atoms with Crippen molar-refractivity contribution in [1.29, 1.82) is 0 Å². The van der Waals surface area contributed by atoms with Gasteiger partial charge in [-0.25, -0.2) is 0 Å². The van der Waals surface area contributed by atoms with Gasteiger partial charge in [-0.2, -0.15) is 0 Å². The van der Waals surface area contributed by atoms with Crippen molar-refractivity contribution in [1.82, 2.24) is 5.32 Å². The Hall–Kier alpha value is -1.65. The molecule has 0 aliphatic heterocycles. The Morgan fingerprint density at radius 2 is 2.05 bits per heavy atom. The highest BCUT2D eigenvalue weighted by Crippen LogP contribution is 2.20. The van der Waals surface area contributed by atoms with Crippen molar-refractivity contribution < 1.29 is 9.69 Å². The molecule has 0 saturated heterocycles. The number of nitrogens with one attached hydrogen (secondary N) is 2. The molecule has 1 aromatic carbocycles. The number of likely N-dealkylation sites (N-methyl/N-ethyl adjacent to an activating group) is 1. The molecule has 3 nitrogen and oxygen atoms in total. The molecule has 22 heavy (non-hydrogen) atoms. The van der Waals surface area contributed by atoms with Crippen LogP contribution in [-0.4, -0.2) is 18.5 Å². The zero-order valence-electron chi connectivity index (χ0n) is 12.9. The number of thiophene rings is 1. The zero-order chi connectivity index (χ0) is 15.4. The van der Waals surface area contributed by atoms with Crippen LogP contribution in [0, 0.1) is 0 Å². The molecule has 0 radical (unpaired) electrons. The van der Waals surface area contributed by atoms with Crippen molar-refractivity contribution in [3.8, 4) is 0 Å². The van der Waals surface area contributed by atoms with Crippen molar-refractivity contribution in [2.24, 2.45) is 0 Å². The summed E-state index contributed by atoms with van der Waals surface area (Å²) in [5.74, 6) is 0.169. The molecule has 116 valence electrons. The molecule has 4 heteroatoms. The predicted octanol–water partition coefficient (Wildman–Crippen LogP) is 2.17. The Labute approximate surface area is 136 Å². The number of carbonyl (C=O) groups excluding carboxylic acids is 1. The van der Waals surface area contributed by atoms with E-state index in [9.17, 15) is 4.79 Å². The molecule has 1 saturated carbocycles. The number of hydrogen-bond acceptors (Lipinski definition) is 2. The molecule has 0 spiro atoms. The van der Waals surface area contributed by atoms with Crippen LogP contribution in [0.1, 0.15) is 36.2 Å². The molecule has 2 aromatic rings. The van der Waals surface area contributed by atoms with Crippen LogP contribution < -0.4 is 10.2 Å². The molecule has 1 unspecified atom stereocenters. The standard InChI is InChI=1S/C18H22N2OS/c1-2-20(13-16-9-6-12-22-16)17(14-7-4-3-5-8-14)18(21)19-15-10-11-15/h3-9,12,15,17H,2,10-11,13H2,1H3,(H,19,21)/p+1/t17-/m1/s1. The largest absolute Gasteiger partial charge is 0.348 e. The number of benzene rings is 1. The van der Waals surface area contributed by atoms with Gasteiger partial charge in [0.25, 0.3) is 5.91 Å². The minimum atomic E-state index is -0.131. The lowest BCUT2D eigenvalue weighted by atomic mass is 10.0. The molecule has 1 fully saturated rings.